The lowest BCUT2D eigenvalue weighted by molar-refractivity contribution is 0.616. The van der Waals surface area contributed by atoms with Crippen LogP contribution in [0, 0.1) is 6.92 Å². The minimum atomic E-state index is 0.0939. The number of aryl methyl sites for hydroxylation is 3. The number of aromatic nitrogens is 1. The van der Waals surface area contributed by atoms with Gasteiger partial charge in [-0.1, -0.05) is 38.1 Å². The van der Waals surface area contributed by atoms with E-state index in [0.29, 0.717) is 0 Å². The average Bonchev–Trinajstić information content (AvgIpc) is 2.65. The predicted molar refractivity (Wildman–Crippen MR) is 71.5 cm³/mol. The van der Waals surface area contributed by atoms with Crippen LogP contribution in [0.1, 0.15) is 41.9 Å². The summed E-state index contributed by atoms with van der Waals surface area (Å²) in [5.41, 5.74) is 7.24. The van der Waals surface area contributed by atoms with Crippen molar-refractivity contribution in [3.05, 3.63) is 58.4 Å². The topological polar surface area (TPSA) is 15.8 Å². The SMILES string of the molecule is Cc1cc2c([nH]1)C(C)(C)c1ccccc1CC2. The van der Waals surface area contributed by atoms with E-state index < -0.39 is 0 Å². The van der Waals surface area contributed by atoms with Crippen LogP contribution in [0.3, 0.4) is 0 Å². The summed E-state index contributed by atoms with van der Waals surface area (Å²) in [5, 5.41) is 0. The molecule has 17 heavy (non-hydrogen) atoms. The molecular formula is C16H19N. The molecule has 2 aromatic rings. The van der Waals surface area contributed by atoms with Crippen molar-refractivity contribution in [1.29, 1.82) is 0 Å². The highest BCUT2D eigenvalue weighted by Crippen LogP contribution is 2.38. The number of nitrogens with one attached hydrogen (secondary N) is 1. The predicted octanol–water partition coefficient (Wildman–Crippen LogP) is 3.75. The summed E-state index contributed by atoms with van der Waals surface area (Å²) in [7, 11) is 0. The third-order valence-electron chi connectivity index (χ3n) is 4.01. The molecule has 0 saturated heterocycles. The van der Waals surface area contributed by atoms with Crippen molar-refractivity contribution in [2.75, 3.05) is 0 Å². The molecule has 0 bridgehead atoms. The standard InChI is InChI=1S/C16H19N/c1-11-10-13-9-8-12-6-4-5-7-14(12)16(2,3)15(13)17-11/h4-7,10,17H,8-9H2,1-3H3. The number of aromatic amines is 1. The lowest BCUT2D eigenvalue weighted by Crippen LogP contribution is -2.21. The van der Waals surface area contributed by atoms with Gasteiger partial charge in [-0.05, 0) is 42.5 Å². The first-order valence-electron chi connectivity index (χ1n) is 6.36. The zero-order chi connectivity index (χ0) is 12.0. The minimum Gasteiger partial charge on any atom is -0.362 e. The molecule has 88 valence electrons. The van der Waals surface area contributed by atoms with Crippen LogP contribution < -0.4 is 0 Å². The smallest absolute Gasteiger partial charge is 0.0302 e. The molecule has 0 radical (unpaired) electrons. The van der Waals surface area contributed by atoms with E-state index in [9.17, 15) is 0 Å². The van der Waals surface area contributed by atoms with Crippen LogP contribution in [0.5, 0.6) is 0 Å². The lowest BCUT2D eigenvalue weighted by Gasteiger charge is -2.26. The summed E-state index contributed by atoms with van der Waals surface area (Å²) >= 11 is 0. The molecule has 0 spiro atoms. The maximum absolute atomic E-state index is 3.57. The normalized spacial score (nSPS) is 17.1. The van der Waals surface area contributed by atoms with E-state index >= 15 is 0 Å². The number of hydrogen-bond donors (Lipinski definition) is 1. The molecule has 1 aromatic carbocycles. The van der Waals surface area contributed by atoms with E-state index in [4.69, 9.17) is 0 Å². The quantitative estimate of drug-likeness (QED) is 0.703. The van der Waals surface area contributed by atoms with Gasteiger partial charge < -0.3 is 4.98 Å². The summed E-state index contributed by atoms with van der Waals surface area (Å²) in [5.74, 6) is 0. The Labute approximate surface area is 103 Å². The second-order valence-corrected chi connectivity index (χ2v) is 5.63. The largest absolute Gasteiger partial charge is 0.362 e. The summed E-state index contributed by atoms with van der Waals surface area (Å²) in [4.78, 5) is 3.57. The number of benzene rings is 1. The Balaban J connectivity index is 2.26. The molecule has 0 saturated carbocycles. The molecule has 1 aliphatic rings. The van der Waals surface area contributed by atoms with Crippen LogP contribution in [-0.2, 0) is 18.3 Å². The van der Waals surface area contributed by atoms with Gasteiger partial charge in [-0.3, -0.25) is 0 Å². The van der Waals surface area contributed by atoms with Crippen LogP contribution >= 0.6 is 0 Å². The Kier molecular flexibility index (Phi) is 2.19. The maximum atomic E-state index is 3.57. The fraction of sp³-hybridized carbons (Fsp3) is 0.375. The molecular weight excluding hydrogens is 206 g/mol. The Morgan fingerprint density at radius 3 is 2.59 bits per heavy atom. The van der Waals surface area contributed by atoms with Crippen molar-refractivity contribution in [3.63, 3.8) is 0 Å². The third-order valence-corrected chi connectivity index (χ3v) is 4.01. The molecule has 0 atom stereocenters. The van der Waals surface area contributed by atoms with Gasteiger partial charge in [0.1, 0.15) is 0 Å². The summed E-state index contributed by atoms with van der Waals surface area (Å²) in [6.07, 6.45) is 2.31. The van der Waals surface area contributed by atoms with Gasteiger partial charge in [0.05, 0.1) is 0 Å². The van der Waals surface area contributed by atoms with Gasteiger partial charge in [0.2, 0.25) is 0 Å². The minimum absolute atomic E-state index is 0.0939. The Bertz CT molecular complexity index is 561. The van der Waals surface area contributed by atoms with E-state index in [1.807, 2.05) is 0 Å². The third kappa shape index (κ3) is 1.53. The average molecular weight is 225 g/mol. The van der Waals surface area contributed by atoms with Crippen molar-refractivity contribution >= 4 is 0 Å². The van der Waals surface area contributed by atoms with Gasteiger partial charge >= 0.3 is 0 Å². The van der Waals surface area contributed by atoms with Crippen molar-refractivity contribution in [1.82, 2.24) is 4.98 Å². The molecule has 1 aromatic heterocycles. The number of hydrogen-bond acceptors (Lipinski definition) is 0. The molecule has 1 heterocycles. The summed E-state index contributed by atoms with van der Waals surface area (Å²) in [6, 6.07) is 11.2. The van der Waals surface area contributed by atoms with Crippen LogP contribution in [0.4, 0.5) is 0 Å². The van der Waals surface area contributed by atoms with Crippen LogP contribution in [-0.4, -0.2) is 4.98 Å². The second kappa shape index (κ2) is 3.49. The fourth-order valence-electron chi connectivity index (χ4n) is 3.15. The Hall–Kier alpha value is -1.50. The molecule has 0 unspecified atom stereocenters. The number of fused-ring (bicyclic) bond motifs is 2. The van der Waals surface area contributed by atoms with Gasteiger partial charge in [-0.25, -0.2) is 0 Å². The van der Waals surface area contributed by atoms with Crippen molar-refractivity contribution in [2.45, 2.75) is 39.0 Å². The highest BCUT2D eigenvalue weighted by atomic mass is 14.8. The first kappa shape index (κ1) is 10.6. The van der Waals surface area contributed by atoms with Gasteiger partial charge in [-0.2, -0.15) is 0 Å². The highest BCUT2D eigenvalue weighted by Gasteiger charge is 2.31. The zero-order valence-electron chi connectivity index (χ0n) is 10.8. The molecule has 0 aliphatic heterocycles. The Morgan fingerprint density at radius 2 is 1.76 bits per heavy atom. The van der Waals surface area contributed by atoms with Gasteiger partial charge in [0.25, 0.3) is 0 Å². The summed E-state index contributed by atoms with van der Waals surface area (Å²) in [6.45, 7) is 6.80. The molecule has 1 N–H and O–H groups in total. The molecule has 1 aliphatic carbocycles. The van der Waals surface area contributed by atoms with Crippen molar-refractivity contribution in [2.24, 2.45) is 0 Å². The van der Waals surface area contributed by atoms with E-state index in [-0.39, 0.29) is 5.41 Å². The molecule has 1 nitrogen and oxygen atoms in total. The first-order valence-corrected chi connectivity index (χ1v) is 6.36. The van der Waals surface area contributed by atoms with Gasteiger partial charge in [-0.15, -0.1) is 0 Å². The van der Waals surface area contributed by atoms with Crippen molar-refractivity contribution in [3.8, 4) is 0 Å². The van der Waals surface area contributed by atoms with Crippen molar-refractivity contribution < 1.29 is 0 Å². The molecule has 0 fully saturated rings. The lowest BCUT2D eigenvalue weighted by atomic mass is 9.79. The Morgan fingerprint density at radius 1 is 1.06 bits per heavy atom. The first-order chi connectivity index (χ1) is 8.09. The van der Waals surface area contributed by atoms with E-state index in [2.05, 4.69) is 56.1 Å². The van der Waals surface area contributed by atoms with Crippen LogP contribution in [0.15, 0.2) is 30.3 Å². The maximum Gasteiger partial charge on any atom is 0.0302 e. The zero-order valence-corrected chi connectivity index (χ0v) is 10.8. The molecule has 1 heteroatoms. The van der Waals surface area contributed by atoms with Crippen LogP contribution in [0.2, 0.25) is 0 Å². The van der Waals surface area contributed by atoms with Gasteiger partial charge in [0, 0.05) is 16.8 Å². The van der Waals surface area contributed by atoms with E-state index in [1.165, 1.54) is 28.1 Å². The van der Waals surface area contributed by atoms with E-state index in [1.54, 1.807) is 0 Å². The van der Waals surface area contributed by atoms with Gasteiger partial charge in [0.15, 0.2) is 0 Å². The molecule has 0 amide bonds. The highest BCUT2D eigenvalue weighted by molar-refractivity contribution is 5.46. The van der Waals surface area contributed by atoms with E-state index in [0.717, 1.165) is 12.8 Å². The summed E-state index contributed by atoms with van der Waals surface area (Å²) < 4.78 is 0. The van der Waals surface area contributed by atoms with Crippen LogP contribution in [0.25, 0.3) is 0 Å². The number of H-pyrrole nitrogens is 1. The number of rotatable bonds is 0. The monoisotopic (exact) mass is 225 g/mol. The molecule has 3 rings (SSSR count). The fourth-order valence-corrected chi connectivity index (χ4v) is 3.15. The second-order valence-electron chi connectivity index (χ2n) is 5.63.